The second-order valence-electron chi connectivity index (χ2n) is 10.0. The van der Waals surface area contributed by atoms with Crippen LogP contribution in [0.5, 0.6) is 5.75 Å². The maximum absolute atomic E-state index is 14.1. The van der Waals surface area contributed by atoms with Crippen molar-refractivity contribution in [3.63, 3.8) is 0 Å². The number of nitrogens with zero attached hydrogens (tertiary/aromatic N) is 4. The molecule has 226 valence electrons. The van der Waals surface area contributed by atoms with E-state index in [1.54, 1.807) is 66.7 Å². The molecule has 43 heavy (non-hydrogen) atoms. The summed E-state index contributed by atoms with van der Waals surface area (Å²) < 4.78 is 38.9. The molecule has 0 aromatic heterocycles. The first kappa shape index (κ1) is 31.6. The molecule has 1 amide bonds. The zero-order chi connectivity index (χ0) is 30.7. The Morgan fingerprint density at radius 2 is 1.81 bits per heavy atom. The van der Waals surface area contributed by atoms with Gasteiger partial charge in [0.15, 0.2) is 21.5 Å². The Kier molecular flexibility index (Phi) is 10.8. The van der Waals surface area contributed by atoms with Crippen molar-refractivity contribution in [1.29, 1.82) is 0 Å². The normalized spacial score (nSPS) is 17.8. The number of benzene rings is 3. The summed E-state index contributed by atoms with van der Waals surface area (Å²) in [6.45, 7) is 2.74. The Morgan fingerprint density at radius 1 is 1.09 bits per heavy atom. The highest BCUT2D eigenvalue weighted by molar-refractivity contribution is 7.91. The first-order valence-electron chi connectivity index (χ1n) is 14.2. The number of rotatable bonds is 15. The monoisotopic (exact) mass is 605 g/mol. The predicted octanol–water partition coefficient (Wildman–Crippen LogP) is 5.43. The van der Waals surface area contributed by atoms with Gasteiger partial charge in [-0.1, -0.05) is 60.9 Å². The van der Waals surface area contributed by atoms with Gasteiger partial charge in [-0.2, -0.15) is 0 Å². The molecule has 11 nitrogen and oxygen atoms in total. The van der Waals surface area contributed by atoms with Gasteiger partial charge < -0.3 is 19.9 Å². The third-order valence-corrected chi connectivity index (χ3v) is 8.80. The number of aliphatic imine (C=N–C) groups is 1. The fourth-order valence-corrected chi connectivity index (χ4v) is 6.15. The molecule has 0 unspecified atom stereocenters. The molecule has 3 aromatic carbocycles. The molecule has 2 atom stereocenters. The molecule has 1 aliphatic heterocycles. The van der Waals surface area contributed by atoms with Crippen LogP contribution < -0.4 is 10.1 Å². The van der Waals surface area contributed by atoms with E-state index in [9.17, 15) is 18.7 Å². The van der Waals surface area contributed by atoms with Crippen molar-refractivity contribution in [2.45, 2.75) is 49.1 Å². The number of amides is 1. The van der Waals surface area contributed by atoms with E-state index in [1.807, 2.05) is 6.92 Å². The smallest absolute Gasteiger partial charge is 0.252 e. The van der Waals surface area contributed by atoms with Crippen LogP contribution in [0.15, 0.2) is 93.9 Å². The lowest BCUT2D eigenvalue weighted by Crippen LogP contribution is -2.49. The number of aliphatic hydroxyl groups excluding tert-OH is 1. The summed E-state index contributed by atoms with van der Waals surface area (Å²) in [4.78, 5) is 22.0. The van der Waals surface area contributed by atoms with E-state index >= 15 is 0 Å². The summed E-state index contributed by atoms with van der Waals surface area (Å²) in [7, 11) is -3.79. The maximum atomic E-state index is 14.1. The Labute approximate surface area is 251 Å². The zero-order valence-electron chi connectivity index (χ0n) is 23.9. The fourth-order valence-electron chi connectivity index (χ4n) is 4.76. The second-order valence-corrected chi connectivity index (χ2v) is 12.1. The third kappa shape index (κ3) is 7.53. The summed E-state index contributed by atoms with van der Waals surface area (Å²) in [5.74, 6) is -0.135. The quantitative estimate of drug-likeness (QED) is 0.102. The van der Waals surface area contributed by atoms with Crippen LogP contribution in [0, 0.1) is 0 Å². The average Bonchev–Trinajstić information content (AvgIpc) is 3.42. The molecule has 12 heteroatoms. The van der Waals surface area contributed by atoms with Crippen LogP contribution in [0.1, 0.15) is 49.8 Å². The molecule has 2 N–H and O–H groups in total. The van der Waals surface area contributed by atoms with Gasteiger partial charge in [0.2, 0.25) is 5.90 Å². The molecule has 1 aliphatic rings. The lowest BCUT2D eigenvalue weighted by atomic mass is 9.84. The van der Waals surface area contributed by atoms with Crippen molar-refractivity contribution >= 4 is 27.3 Å². The minimum atomic E-state index is -3.79. The molecule has 0 fully saturated rings. The Hall–Kier alpha value is -4.38. The number of carbonyl (C=O) groups excluding carboxylic acids is 1. The van der Waals surface area contributed by atoms with Gasteiger partial charge in [0.25, 0.3) is 5.91 Å². The number of carbonyl (C=O) groups is 1. The first-order valence-corrected chi connectivity index (χ1v) is 15.8. The molecule has 3 aromatic rings. The van der Waals surface area contributed by atoms with Gasteiger partial charge in [0, 0.05) is 47.7 Å². The summed E-state index contributed by atoms with van der Waals surface area (Å²) >= 11 is 0. The minimum Gasteiger partial charge on any atom is -0.494 e. The van der Waals surface area contributed by atoms with E-state index in [-0.39, 0.29) is 35.3 Å². The molecule has 0 bridgehead atoms. The van der Waals surface area contributed by atoms with Gasteiger partial charge in [0.1, 0.15) is 5.75 Å². The summed E-state index contributed by atoms with van der Waals surface area (Å²) in [5, 5.41) is 15.8. The van der Waals surface area contributed by atoms with E-state index in [1.165, 1.54) is 12.1 Å². The molecule has 1 heterocycles. The zero-order valence-corrected chi connectivity index (χ0v) is 24.7. The van der Waals surface area contributed by atoms with Crippen molar-refractivity contribution in [3.05, 3.63) is 100 Å². The van der Waals surface area contributed by atoms with Gasteiger partial charge in [0.05, 0.1) is 17.3 Å². The van der Waals surface area contributed by atoms with Crippen LogP contribution in [-0.4, -0.2) is 56.4 Å². The first-order chi connectivity index (χ1) is 20.8. The van der Waals surface area contributed by atoms with Gasteiger partial charge in [-0.25, -0.2) is 13.4 Å². The highest BCUT2D eigenvalue weighted by atomic mass is 32.2. The topological polar surface area (TPSA) is 163 Å². The Balaban J connectivity index is 1.80. The van der Waals surface area contributed by atoms with E-state index in [0.717, 1.165) is 12.8 Å². The lowest BCUT2D eigenvalue weighted by Gasteiger charge is -2.31. The third-order valence-electron chi connectivity index (χ3n) is 7.07. The summed E-state index contributed by atoms with van der Waals surface area (Å²) in [5.41, 5.74) is 8.76. The van der Waals surface area contributed by atoms with Gasteiger partial charge in [-0.05, 0) is 48.4 Å². The van der Waals surface area contributed by atoms with Crippen molar-refractivity contribution in [2.24, 2.45) is 10.1 Å². The number of hydrogen-bond acceptors (Lipinski definition) is 8. The molecule has 0 spiro atoms. The Bertz CT molecular complexity index is 1570. The number of nitrogens with one attached hydrogen (secondary N) is 1. The number of sulfone groups is 1. The second kappa shape index (κ2) is 14.7. The predicted molar refractivity (Wildman–Crippen MR) is 163 cm³/mol. The molecule has 4 rings (SSSR count). The summed E-state index contributed by atoms with van der Waals surface area (Å²) in [6, 6.07) is 21.7. The summed E-state index contributed by atoms with van der Waals surface area (Å²) in [6.07, 6.45) is 0.780. The van der Waals surface area contributed by atoms with E-state index in [2.05, 4.69) is 15.3 Å². The lowest BCUT2D eigenvalue weighted by molar-refractivity contribution is -0.129. The van der Waals surface area contributed by atoms with Crippen LogP contribution in [0.2, 0.25) is 0 Å². The number of hydrogen-bond donors (Lipinski definition) is 2. The molecule has 0 saturated heterocycles. The SMILES string of the molecule is CCCCNC(=O)[C@]1(CCS(=O)(=O)c2ccccc2)N=C(c2ccc(OCCCO)cc2)O[C@@H]1c1ccccc1N=[N+]=[N-]. The number of aliphatic hydroxyl groups is 1. The average molecular weight is 606 g/mol. The highest BCUT2D eigenvalue weighted by Gasteiger charge is 2.54. The van der Waals surface area contributed by atoms with Crippen LogP contribution in [-0.2, 0) is 19.4 Å². The molecular formula is C31H35N5O6S. The molecule has 0 radical (unpaired) electrons. The van der Waals surface area contributed by atoms with Crippen LogP contribution in [0.25, 0.3) is 10.4 Å². The number of azide groups is 1. The van der Waals surface area contributed by atoms with Crippen molar-refractivity contribution in [1.82, 2.24) is 5.32 Å². The maximum Gasteiger partial charge on any atom is 0.252 e. The number of ether oxygens (including phenoxy) is 2. The van der Waals surface area contributed by atoms with E-state index in [4.69, 9.17) is 19.6 Å². The van der Waals surface area contributed by atoms with Crippen molar-refractivity contribution in [3.8, 4) is 5.75 Å². The van der Waals surface area contributed by atoms with Gasteiger partial charge in [-0.3, -0.25) is 4.79 Å². The van der Waals surface area contributed by atoms with E-state index < -0.39 is 27.4 Å². The fraction of sp³-hybridized carbons (Fsp3) is 0.355. The van der Waals surface area contributed by atoms with Gasteiger partial charge >= 0.3 is 0 Å². The van der Waals surface area contributed by atoms with Crippen molar-refractivity contribution in [2.75, 3.05) is 25.5 Å². The molecular weight excluding hydrogens is 570 g/mol. The Morgan fingerprint density at radius 3 is 2.51 bits per heavy atom. The minimum absolute atomic E-state index is 0.0177. The van der Waals surface area contributed by atoms with Crippen molar-refractivity contribution < 1.29 is 27.8 Å². The highest BCUT2D eigenvalue weighted by Crippen LogP contribution is 2.45. The standard InChI is InChI=1S/C31H35N5O6S/c1-2-3-19-33-30(38)31(18-22-43(39,40)25-10-5-4-6-11-25)28(26-12-7-8-13-27(26)35-36-32)42-29(34-31)23-14-16-24(17-15-23)41-21-9-20-37/h4-8,10-17,28,37H,2-3,9,18-22H2,1H3,(H,33,38)/t28-,31-/m1/s1. The van der Waals surface area contributed by atoms with Crippen LogP contribution >= 0.6 is 0 Å². The van der Waals surface area contributed by atoms with Crippen LogP contribution in [0.3, 0.4) is 0 Å². The van der Waals surface area contributed by atoms with E-state index in [0.29, 0.717) is 36.4 Å². The van der Waals surface area contributed by atoms with Crippen LogP contribution in [0.4, 0.5) is 5.69 Å². The largest absolute Gasteiger partial charge is 0.494 e. The van der Waals surface area contributed by atoms with Gasteiger partial charge in [-0.15, -0.1) is 0 Å². The number of unbranched alkanes of at least 4 members (excludes halogenated alkanes) is 1. The molecule has 0 aliphatic carbocycles. The molecule has 0 saturated carbocycles.